The molecule has 2 amide bonds. The number of carbonyl (C=O) groups is 3. The number of fused-ring (bicyclic) bond motifs is 2. The molecule has 1 aliphatic carbocycles. The first-order chi connectivity index (χ1) is 18.4. The van der Waals surface area contributed by atoms with Gasteiger partial charge in [-0.1, -0.05) is 13.0 Å². The van der Waals surface area contributed by atoms with Crippen molar-refractivity contribution >= 4 is 28.5 Å². The second-order valence-electron chi connectivity index (χ2n) is 11.3. The molecule has 2 aliphatic rings. The summed E-state index contributed by atoms with van der Waals surface area (Å²) in [7, 11) is 0. The van der Waals surface area contributed by atoms with E-state index in [9.17, 15) is 18.8 Å². The van der Waals surface area contributed by atoms with E-state index in [4.69, 9.17) is 0 Å². The second kappa shape index (κ2) is 9.66. The molecular weight excluding hydrogens is 499 g/mol. The lowest BCUT2D eigenvalue weighted by Gasteiger charge is -2.28. The number of nitrogens with one attached hydrogen (secondary N) is 1. The molecule has 204 valence electrons. The van der Waals surface area contributed by atoms with Gasteiger partial charge in [-0.2, -0.15) is 5.10 Å². The smallest absolute Gasteiger partial charge is 0.245 e. The minimum absolute atomic E-state index is 0.0494. The highest BCUT2D eigenvalue weighted by Crippen LogP contribution is 2.59. The first kappa shape index (κ1) is 26.6. The van der Waals surface area contributed by atoms with Gasteiger partial charge in [-0.15, -0.1) is 0 Å². The number of piperidine rings is 1. The molecule has 1 saturated carbocycles. The molecule has 3 aromatic rings. The number of benzene rings is 1. The molecule has 0 bridgehead atoms. The minimum Gasteiger partial charge on any atom is -0.345 e. The lowest BCUT2D eigenvalue weighted by molar-refractivity contribution is -0.140. The van der Waals surface area contributed by atoms with Crippen molar-refractivity contribution in [1.29, 1.82) is 0 Å². The number of allylic oxidation sites excluding steroid dienone is 1. The molecule has 1 aromatic carbocycles. The van der Waals surface area contributed by atoms with Crippen molar-refractivity contribution in [2.45, 2.75) is 79.1 Å². The topological polar surface area (TPSA) is 110 Å². The first-order valence-corrected chi connectivity index (χ1v) is 13.1. The van der Waals surface area contributed by atoms with Crippen LogP contribution in [0.3, 0.4) is 0 Å². The van der Waals surface area contributed by atoms with Crippen LogP contribution in [0.4, 0.5) is 4.39 Å². The summed E-state index contributed by atoms with van der Waals surface area (Å²) in [4.78, 5) is 49.5. The average molecular weight is 533 g/mol. The van der Waals surface area contributed by atoms with E-state index in [2.05, 4.69) is 27.3 Å². The lowest BCUT2D eigenvalue weighted by atomic mass is 10.0. The van der Waals surface area contributed by atoms with E-state index in [1.54, 1.807) is 38.1 Å². The van der Waals surface area contributed by atoms with Crippen LogP contribution in [0.15, 0.2) is 42.0 Å². The molecule has 9 nitrogen and oxygen atoms in total. The number of ketones is 1. The fraction of sp³-hybridized carbons (Fsp3) is 0.448. The van der Waals surface area contributed by atoms with Gasteiger partial charge in [-0.25, -0.2) is 14.4 Å². The van der Waals surface area contributed by atoms with Crippen molar-refractivity contribution < 1.29 is 18.8 Å². The Morgan fingerprint density at radius 2 is 1.82 bits per heavy atom. The van der Waals surface area contributed by atoms with Gasteiger partial charge in [0.05, 0.1) is 11.6 Å². The molecule has 10 heteroatoms. The summed E-state index contributed by atoms with van der Waals surface area (Å²) < 4.78 is 15.9. The predicted molar refractivity (Wildman–Crippen MR) is 144 cm³/mol. The van der Waals surface area contributed by atoms with Gasteiger partial charge >= 0.3 is 0 Å². The Labute approximate surface area is 226 Å². The van der Waals surface area contributed by atoms with Gasteiger partial charge in [0, 0.05) is 36.3 Å². The van der Waals surface area contributed by atoms with Crippen LogP contribution in [0.5, 0.6) is 0 Å². The molecule has 1 aliphatic heterocycles. The number of likely N-dealkylation sites (tertiary alicyclic amines) is 1. The number of Topliss-reactive ketones (excluding diaryl/α,β-unsaturated/α-hetero) is 1. The summed E-state index contributed by atoms with van der Waals surface area (Å²) in [6.07, 6.45) is 4.79. The van der Waals surface area contributed by atoms with Crippen LogP contribution < -0.4 is 5.32 Å². The quantitative estimate of drug-likeness (QED) is 0.458. The zero-order valence-electron chi connectivity index (χ0n) is 23.1. The fourth-order valence-corrected chi connectivity index (χ4v) is 5.66. The molecule has 4 atom stereocenters. The molecule has 0 radical (unpaired) electrons. The number of hydrogen-bond donors (Lipinski definition) is 1. The normalized spacial score (nSPS) is 22.4. The van der Waals surface area contributed by atoms with E-state index in [1.165, 1.54) is 11.6 Å². The van der Waals surface area contributed by atoms with Crippen molar-refractivity contribution in [3.05, 3.63) is 53.5 Å². The second-order valence-corrected chi connectivity index (χ2v) is 11.3. The maximum atomic E-state index is 14.4. The van der Waals surface area contributed by atoms with Crippen molar-refractivity contribution in [3.8, 4) is 11.1 Å². The minimum atomic E-state index is -0.773. The Balaban J connectivity index is 1.42. The zero-order valence-corrected chi connectivity index (χ0v) is 23.1. The number of hydrogen-bond acceptors (Lipinski definition) is 6. The fourth-order valence-electron chi connectivity index (χ4n) is 5.66. The molecule has 1 N–H and O–H groups in total. The van der Waals surface area contributed by atoms with E-state index in [0.717, 1.165) is 17.5 Å². The predicted octanol–water partition coefficient (Wildman–Crippen LogP) is 4.15. The van der Waals surface area contributed by atoms with E-state index in [-0.39, 0.29) is 47.1 Å². The summed E-state index contributed by atoms with van der Waals surface area (Å²) >= 11 is 0. The number of carbonyl (C=O) groups excluding carboxylic acids is 3. The van der Waals surface area contributed by atoms with Crippen LogP contribution in [0.1, 0.15) is 63.8 Å². The van der Waals surface area contributed by atoms with Crippen molar-refractivity contribution in [3.63, 3.8) is 0 Å². The van der Waals surface area contributed by atoms with Gasteiger partial charge < -0.3 is 10.2 Å². The number of amides is 2. The summed E-state index contributed by atoms with van der Waals surface area (Å²) in [5.41, 5.74) is 2.92. The number of halogens is 1. The van der Waals surface area contributed by atoms with Crippen LogP contribution >= 0.6 is 0 Å². The van der Waals surface area contributed by atoms with Crippen LogP contribution in [0.25, 0.3) is 22.0 Å². The maximum absolute atomic E-state index is 14.4. The van der Waals surface area contributed by atoms with Crippen LogP contribution in [0.2, 0.25) is 0 Å². The maximum Gasteiger partial charge on any atom is 0.245 e. The molecule has 3 heterocycles. The Bertz CT molecular complexity index is 1520. The third kappa shape index (κ3) is 4.84. The van der Waals surface area contributed by atoms with Gasteiger partial charge in [0.25, 0.3) is 0 Å². The highest BCUT2D eigenvalue weighted by molar-refractivity contribution is 6.06. The standard InChI is InChI=1S/C29H33FN6O3/c1-15(2)26(30)16(3)33-28(39)23-10-29(6)11-24(29)36(23)25(38)14-35-22-8-7-19(20-12-31-18(5)32-13-20)9-21(22)27(34-35)17(4)37/h7-9,12-13,16,23-24H,10-11,14H2,1-6H3,(H,33,39)/t16-,23-,24?,29-/m0/s1. The largest absolute Gasteiger partial charge is 0.345 e. The third-order valence-electron chi connectivity index (χ3n) is 7.93. The van der Waals surface area contributed by atoms with Crippen molar-refractivity contribution in [2.75, 3.05) is 0 Å². The number of aryl methyl sites for hydroxylation is 1. The molecule has 39 heavy (non-hydrogen) atoms. The highest BCUT2D eigenvalue weighted by atomic mass is 19.1. The number of rotatable bonds is 7. The molecule has 2 aromatic heterocycles. The summed E-state index contributed by atoms with van der Waals surface area (Å²) in [6, 6.07) is 4.06. The summed E-state index contributed by atoms with van der Waals surface area (Å²) in [6.45, 7) is 10.1. The van der Waals surface area contributed by atoms with Gasteiger partial charge in [-0.05, 0) is 69.2 Å². The van der Waals surface area contributed by atoms with E-state index >= 15 is 0 Å². The molecule has 1 unspecified atom stereocenters. The van der Waals surface area contributed by atoms with Crippen LogP contribution in [0, 0.1) is 12.3 Å². The van der Waals surface area contributed by atoms with E-state index in [1.807, 2.05) is 25.1 Å². The van der Waals surface area contributed by atoms with Gasteiger partial charge in [0.2, 0.25) is 11.8 Å². The Kier molecular flexibility index (Phi) is 6.60. The zero-order chi connectivity index (χ0) is 28.2. The van der Waals surface area contributed by atoms with Gasteiger partial charge in [0.1, 0.15) is 29.9 Å². The summed E-state index contributed by atoms with van der Waals surface area (Å²) in [5, 5.41) is 7.87. The molecule has 1 saturated heterocycles. The monoisotopic (exact) mass is 532 g/mol. The number of nitrogens with zero attached hydrogens (tertiary/aromatic N) is 5. The molecule has 2 fully saturated rings. The molecule has 5 rings (SSSR count). The Morgan fingerprint density at radius 3 is 2.46 bits per heavy atom. The van der Waals surface area contributed by atoms with E-state index < -0.39 is 12.1 Å². The SMILES string of the molecule is CC(=O)c1nn(CC(=O)N2C3C[C@]3(C)C[C@H]2C(=O)N[C@@H](C)C(F)=C(C)C)c2ccc(-c3cnc(C)nc3)cc12. The van der Waals surface area contributed by atoms with E-state index in [0.29, 0.717) is 28.7 Å². The molecular formula is C29H33FN6O3. The van der Waals surface area contributed by atoms with Crippen molar-refractivity contribution in [1.82, 2.24) is 30.0 Å². The average Bonchev–Trinajstić information content (AvgIpc) is 3.25. The first-order valence-electron chi connectivity index (χ1n) is 13.1. The van der Waals surface area contributed by atoms with Crippen LogP contribution in [-0.2, 0) is 16.1 Å². The Morgan fingerprint density at radius 1 is 1.13 bits per heavy atom. The van der Waals surface area contributed by atoms with Crippen LogP contribution in [-0.4, -0.2) is 60.4 Å². The highest BCUT2D eigenvalue weighted by Gasteiger charge is 2.64. The van der Waals surface area contributed by atoms with Gasteiger partial charge in [0.15, 0.2) is 5.78 Å². The van der Waals surface area contributed by atoms with Gasteiger partial charge in [-0.3, -0.25) is 19.1 Å². The third-order valence-corrected chi connectivity index (χ3v) is 7.93. The molecule has 0 spiro atoms. The lowest BCUT2D eigenvalue weighted by Crippen LogP contribution is -2.50. The van der Waals surface area contributed by atoms with Crippen molar-refractivity contribution in [2.24, 2.45) is 5.41 Å². The Hall–Kier alpha value is -3.95. The summed E-state index contributed by atoms with van der Waals surface area (Å²) in [5.74, 6) is -0.556. The number of aromatic nitrogens is 4.